The molecular weight excluding hydrogens is 228 g/mol. The Bertz CT molecular complexity index is 416. The van der Waals surface area contributed by atoms with Gasteiger partial charge in [0.25, 0.3) is 5.43 Å². The van der Waals surface area contributed by atoms with Crippen molar-refractivity contribution in [3.8, 4) is 5.75 Å². The van der Waals surface area contributed by atoms with Crippen molar-refractivity contribution in [1.29, 1.82) is 0 Å². The van der Waals surface area contributed by atoms with Crippen LogP contribution in [0.25, 0.3) is 0 Å². The largest absolute Gasteiger partial charge is 0.489 e. The summed E-state index contributed by atoms with van der Waals surface area (Å²) < 4.78 is 4.88. The van der Waals surface area contributed by atoms with Crippen molar-refractivity contribution >= 4 is 17.3 Å². The molecule has 0 amide bonds. The van der Waals surface area contributed by atoms with Gasteiger partial charge in [-0.15, -0.1) is 0 Å². The summed E-state index contributed by atoms with van der Waals surface area (Å²) in [6.07, 6.45) is 0. The van der Waals surface area contributed by atoms with Gasteiger partial charge in [0.15, 0.2) is 10.9 Å². The second-order valence-corrected chi connectivity index (χ2v) is 3.28. The van der Waals surface area contributed by atoms with Crippen LogP contribution < -0.4 is 26.2 Å². The van der Waals surface area contributed by atoms with E-state index in [2.05, 4.69) is 22.9 Å². The lowest BCUT2D eigenvalue weighted by molar-refractivity contribution is 0.330. The monoisotopic (exact) mass is 244 g/mol. The maximum atomic E-state index is 10.6. The summed E-state index contributed by atoms with van der Waals surface area (Å²) in [4.78, 5) is 21.2. The lowest BCUT2D eigenvalue weighted by Crippen LogP contribution is -2.35. The lowest BCUT2D eigenvalue weighted by atomic mass is 10.1. The smallest absolute Gasteiger partial charge is 0.268 e. The standard InChI is InChI=1S/C7H8O3.C3H8N2S/c1-3-10-7-4(2)5(8)6(7)9;1-4-3(6)5-2/h3H2,1-2H3;1-2H3,(H2,4,5,6). The molecule has 2 N–H and O–H groups in total. The molecule has 0 spiro atoms. The van der Waals surface area contributed by atoms with Crippen molar-refractivity contribution in [2.45, 2.75) is 13.8 Å². The topological polar surface area (TPSA) is 67.4 Å². The minimum atomic E-state index is -0.487. The van der Waals surface area contributed by atoms with Gasteiger partial charge in [-0.2, -0.15) is 0 Å². The quantitative estimate of drug-likeness (QED) is 0.550. The summed E-state index contributed by atoms with van der Waals surface area (Å²) in [5, 5.41) is 6.15. The van der Waals surface area contributed by atoms with Gasteiger partial charge in [-0.25, -0.2) is 0 Å². The molecule has 0 radical (unpaired) electrons. The van der Waals surface area contributed by atoms with Crippen molar-refractivity contribution in [2.24, 2.45) is 0 Å². The third kappa shape index (κ3) is 3.62. The molecule has 1 rings (SSSR count). The number of rotatable bonds is 2. The van der Waals surface area contributed by atoms with E-state index in [0.29, 0.717) is 17.3 Å². The molecule has 0 heterocycles. The van der Waals surface area contributed by atoms with Crippen LogP contribution in [-0.4, -0.2) is 25.8 Å². The predicted molar refractivity (Wildman–Crippen MR) is 68.0 cm³/mol. The predicted octanol–water partition coefficient (Wildman–Crippen LogP) is -0.300. The van der Waals surface area contributed by atoms with Crippen molar-refractivity contribution in [1.82, 2.24) is 10.6 Å². The SMILES string of the molecule is CCOc1c(C)c(=O)c1=O.CNC(=S)NC. The highest BCUT2D eigenvalue weighted by Crippen LogP contribution is 2.07. The Morgan fingerprint density at radius 1 is 1.25 bits per heavy atom. The van der Waals surface area contributed by atoms with Gasteiger partial charge in [0, 0.05) is 19.7 Å². The Morgan fingerprint density at radius 2 is 1.75 bits per heavy atom. The van der Waals surface area contributed by atoms with Crippen molar-refractivity contribution < 1.29 is 4.74 Å². The third-order valence-corrected chi connectivity index (χ3v) is 2.24. The summed E-state index contributed by atoms with van der Waals surface area (Å²) in [6.45, 7) is 3.80. The molecule has 0 saturated carbocycles. The first-order valence-corrected chi connectivity index (χ1v) is 5.22. The van der Waals surface area contributed by atoms with E-state index in [0.717, 1.165) is 0 Å². The van der Waals surface area contributed by atoms with Gasteiger partial charge in [-0.05, 0) is 26.1 Å². The van der Waals surface area contributed by atoms with Gasteiger partial charge in [0.1, 0.15) is 0 Å². The van der Waals surface area contributed by atoms with Gasteiger partial charge in [-0.3, -0.25) is 9.59 Å². The Kier molecular flexibility index (Phi) is 6.32. The summed E-state index contributed by atoms with van der Waals surface area (Å²) >= 11 is 4.63. The summed E-state index contributed by atoms with van der Waals surface area (Å²) in [5.74, 6) is 0.243. The Morgan fingerprint density at radius 3 is 2.00 bits per heavy atom. The molecule has 1 aromatic rings. The maximum Gasteiger partial charge on any atom is 0.268 e. The molecule has 16 heavy (non-hydrogen) atoms. The molecule has 0 unspecified atom stereocenters. The first kappa shape index (κ1) is 14.6. The molecule has 0 fully saturated rings. The van der Waals surface area contributed by atoms with E-state index in [9.17, 15) is 9.59 Å². The Balaban J connectivity index is 0.000000325. The maximum absolute atomic E-state index is 10.6. The fraction of sp³-hybridized carbons (Fsp3) is 0.500. The highest BCUT2D eigenvalue weighted by molar-refractivity contribution is 7.80. The van der Waals surface area contributed by atoms with E-state index >= 15 is 0 Å². The van der Waals surface area contributed by atoms with Gasteiger partial charge < -0.3 is 15.4 Å². The number of ether oxygens (including phenoxy) is 1. The van der Waals surface area contributed by atoms with E-state index in [4.69, 9.17) is 4.74 Å². The molecule has 0 aliphatic heterocycles. The summed E-state index contributed by atoms with van der Waals surface area (Å²) in [5.41, 5.74) is -0.449. The van der Waals surface area contributed by atoms with E-state index in [1.54, 1.807) is 27.9 Å². The molecule has 90 valence electrons. The average Bonchev–Trinajstić information content (AvgIpc) is 2.34. The van der Waals surface area contributed by atoms with Crippen LogP contribution in [-0.2, 0) is 0 Å². The minimum Gasteiger partial charge on any atom is -0.489 e. The van der Waals surface area contributed by atoms with Gasteiger partial charge in [0.2, 0.25) is 5.43 Å². The molecule has 1 aromatic carbocycles. The third-order valence-electron chi connectivity index (χ3n) is 1.84. The van der Waals surface area contributed by atoms with Crippen LogP contribution in [0, 0.1) is 6.92 Å². The fourth-order valence-electron chi connectivity index (χ4n) is 0.927. The van der Waals surface area contributed by atoms with Gasteiger partial charge in [-0.1, -0.05) is 0 Å². The number of thiocarbonyl (C=S) groups is 1. The summed E-state index contributed by atoms with van der Waals surface area (Å²) in [7, 11) is 3.55. The van der Waals surface area contributed by atoms with Crippen molar-refractivity contribution in [3.05, 3.63) is 26.0 Å². The fourth-order valence-corrected chi connectivity index (χ4v) is 0.927. The zero-order valence-corrected chi connectivity index (χ0v) is 10.7. The van der Waals surface area contributed by atoms with Crippen LogP contribution in [0.5, 0.6) is 5.75 Å². The average molecular weight is 244 g/mol. The number of nitrogens with one attached hydrogen (secondary N) is 2. The first-order valence-electron chi connectivity index (χ1n) is 4.81. The zero-order valence-electron chi connectivity index (χ0n) is 9.84. The summed E-state index contributed by atoms with van der Waals surface area (Å²) in [6, 6.07) is 0. The van der Waals surface area contributed by atoms with Crippen LogP contribution in [0.4, 0.5) is 0 Å². The molecule has 0 aromatic heterocycles. The molecular formula is C10H16N2O3S. The van der Waals surface area contributed by atoms with E-state index in [1.807, 2.05) is 0 Å². The first-order chi connectivity index (χ1) is 7.49. The van der Waals surface area contributed by atoms with Crippen LogP contribution in [0.2, 0.25) is 0 Å². The van der Waals surface area contributed by atoms with Crippen LogP contribution in [0.1, 0.15) is 12.5 Å². The molecule has 5 nitrogen and oxygen atoms in total. The van der Waals surface area contributed by atoms with Crippen molar-refractivity contribution in [3.63, 3.8) is 0 Å². The van der Waals surface area contributed by atoms with Gasteiger partial charge in [0.05, 0.1) is 6.61 Å². The minimum absolute atomic E-state index is 0.243. The normalized spacial score (nSPS) is 9.00. The second-order valence-electron chi connectivity index (χ2n) is 2.87. The van der Waals surface area contributed by atoms with Crippen LogP contribution >= 0.6 is 12.2 Å². The highest BCUT2D eigenvalue weighted by atomic mass is 32.1. The molecule has 0 aliphatic carbocycles. The van der Waals surface area contributed by atoms with Crippen LogP contribution in [0.3, 0.4) is 0 Å². The Hall–Kier alpha value is -1.43. The molecule has 0 saturated heterocycles. The lowest BCUT2D eigenvalue weighted by Gasteiger charge is -2.05. The molecule has 6 heteroatoms. The van der Waals surface area contributed by atoms with E-state index in [-0.39, 0.29) is 5.75 Å². The zero-order chi connectivity index (χ0) is 12.7. The van der Waals surface area contributed by atoms with Crippen molar-refractivity contribution in [2.75, 3.05) is 20.7 Å². The van der Waals surface area contributed by atoms with E-state index < -0.39 is 10.9 Å². The molecule has 0 bridgehead atoms. The Labute approximate surface area is 99.5 Å². The van der Waals surface area contributed by atoms with E-state index in [1.165, 1.54) is 0 Å². The number of hydrogen-bond acceptors (Lipinski definition) is 4. The number of hydrogen-bond donors (Lipinski definition) is 2. The molecule has 0 atom stereocenters. The highest BCUT2D eigenvalue weighted by Gasteiger charge is 2.16. The van der Waals surface area contributed by atoms with Crippen LogP contribution in [0.15, 0.2) is 9.59 Å². The van der Waals surface area contributed by atoms with Gasteiger partial charge >= 0.3 is 0 Å². The second kappa shape index (κ2) is 6.95. The molecule has 0 aliphatic rings.